The van der Waals surface area contributed by atoms with Gasteiger partial charge in [0, 0.05) is 31.3 Å². The van der Waals surface area contributed by atoms with Crippen LogP contribution in [0.15, 0.2) is 24.3 Å². The highest BCUT2D eigenvalue weighted by atomic mass is 16.5. The van der Waals surface area contributed by atoms with Crippen LogP contribution < -0.4 is 0 Å². The van der Waals surface area contributed by atoms with Crippen LogP contribution in [0.4, 0.5) is 0 Å². The van der Waals surface area contributed by atoms with E-state index in [0.717, 1.165) is 0 Å². The van der Waals surface area contributed by atoms with E-state index >= 15 is 0 Å². The summed E-state index contributed by atoms with van der Waals surface area (Å²) in [6.45, 7) is 2.19. The Bertz CT molecular complexity index is 606. The summed E-state index contributed by atoms with van der Waals surface area (Å²) >= 11 is 0. The zero-order chi connectivity index (χ0) is 17.0. The lowest BCUT2D eigenvalue weighted by atomic mass is 9.80. The monoisotopic (exact) mass is 319 g/mol. The van der Waals surface area contributed by atoms with Gasteiger partial charge in [0.1, 0.15) is 5.41 Å². The summed E-state index contributed by atoms with van der Waals surface area (Å²) in [5.41, 5.74) is -0.0600. The Morgan fingerprint density at radius 1 is 1.22 bits per heavy atom. The molecule has 0 spiro atoms. The average molecular weight is 319 g/mol. The normalized spacial score (nSPS) is 21.0. The fraction of sp³-hybridized carbons (Fsp3) is 0.471. The molecule has 1 fully saturated rings. The zero-order valence-electron chi connectivity index (χ0n) is 13.4. The van der Waals surface area contributed by atoms with Crippen LogP contribution in [-0.4, -0.2) is 54.5 Å². The van der Waals surface area contributed by atoms with Crippen LogP contribution in [0.1, 0.15) is 40.5 Å². The van der Waals surface area contributed by atoms with E-state index < -0.39 is 11.4 Å². The van der Waals surface area contributed by atoms with Crippen molar-refractivity contribution in [1.29, 1.82) is 0 Å². The van der Waals surface area contributed by atoms with Crippen molar-refractivity contribution in [2.24, 2.45) is 5.41 Å². The number of hydrogen-bond donors (Lipinski definition) is 1. The first-order chi connectivity index (χ1) is 10.9. The number of benzene rings is 1. The molecule has 0 radical (unpaired) electrons. The Kier molecular flexibility index (Phi) is 5.15. The molecule has 1 N–H and O–H groups in total. The highest BCUT2D eigenvalue weighted by Gasteiger charge is 2.43. The molecule has 6 nitrogen and oxygen atoms in total. The lowest BCUT2D eigenvalue weighted by Gasteiger charge is -2.39. The standard InChI is InChI=1S/C17H21NO5/c1-12(19)13-4-6-14(7-5-13)15(20)18-9-3-8-17(10-18,11-23-2)16(21)22/h4-7H,3,8-11H2,1-2H3,(H,21,22). The fourth-order valence-corrected chi connectivity index (χ4v) is 2.97. The smallest absolute Gasteiger partial charge is 0.313 e. The maximum absolute atomic E-state index is 12.6. The maximum Gasteiger partial charge on any atom is 0.313 e. The van der Waals surface area contributed by atoms with Gasteiger partial charge in [0.05, 0.1) is 6.61 Å². The van der Waals surface area contributed by atoms with Gasteiger partial charge in [-0.05, 0) is 31.9 Å². The van der Waals surface area contributed by atoms with Gasteiger partial charge in [-0.1, -0.05) is 12.1 Å². The van der Waals surface area contributed by atoms with E-state index in [-0.39, 0.29) is 24.8 Å². The molecule has 1 atom stereocenters. The van der Waals surface area contributed by atoms with Gasteiger partial charge in [-0.2, -0.15) is 0 Å². The van der Waals surface area contributed by atoms with E-state index in [9.17, 15) is 19.5 Å². The summed E-state index contributed by atoms with van der Waals surface area (Å²) in [6.07, 6.45) is 1.11. The van der Waals surface area contributed by atoms with Gasteiger partial charge < -0.3 is 14.7 Å². The first-order valence-corrected chi connectivity index (χ1v) is 7.52. The number of hydrogen-bond acceptors (Lipinski definition) is 4. The van der Waals surface area contributed by atoms with Crippen LogP contribution in [0, 0.1) is 5.41 Å². The van der Waals surface area contributed by atoms with Gasteiger partial charge in [0.15, 0.2) is 5.78 Å². The molecule has 1 unspecified atom stereocenters. The van der Waals surface area contributed by atoms with Gasteiger partial charge in [0.25, 0.3) is 5.91 Å². The summed E-state index contributed by atoms with van der Waals surface area (Å²) in [7, 11) is 1.46. The Labute approximate surface area is 135 Å². The van der Waals surface area contributed by atoms with Gasteiger partial charge in [-0.25, -0.2) is 0 Å². The van der Waals surface area contributed by atoms with Crippen molar-refractivity contribution in [3.8, 4) is 0 Å². The van der Waals surface area contributed by atoms with E-state index in [1.54, 1.807) is 29.2 Å². The zero-order valence-corrected chi connectivity index (χ0v) is 13.4. The quantitative estimate of drug-likeness (QED) is 0.837. The number of amides is 1. The van der Waals surface area contributed by atoms with Gasteiger partial charge >= 0.3 is 5.97 Å². The van der Waals surface area contributed by atoms with E-state index in [4.69, 9.17) is 4.74 Å². The molecule has 1 aliphatic rings. The molecule has 6 heteroatoms. The molecule has 2 rings (SSSR count). The van der Waals surface area contributed by atoms with Crippen molar-refractivity contribution in [2.75, 3.05) is 26.8 Å². The van der Waals surface area contributed by atoms with Crippen LogP contribution in [0.25, 0.3) is 0 Å². The Balaban J connectivity index is 2.18. The minimum absolute atomic E-state index is 0.0630. The van der Waals surface area contributed by atoms with Crippen LogP contribution >= 0.6 is 0 Å². The molecule has 1 aromatic carbocycles. The molecule has 124 valence electrons. The largest absolute Gasteiger partial charge is 0.481 e. The third kappa shape index (κ3) is 3.59. The minimum atomic E-state index is -1.05. The Morgan fingerprint density at radius 3 is 2.35 bits per heavy atom. The van der Waals surface area contributed by atoms with Crippen molar-refractivity contribution in [3.05, 3.63) is 35.4 Å². The van der Waals surface area contributed by atoms with Gasteiger partial charge in [-0.3, -0.25) is 14.4 Å². The average Bonchev–Trinajstić information content (AvgIpc) is 2.54. The van der Waals surface area contributed by atoms with Crippen LogP contribution in [0.2, 0.25) is 0 Å². The summed E-state index contributed by atoms with van der Waals surface area (Å²) in [4.78, 5) is 37.1. The summed E-state index contributed by atoms with van der Waals surface area (Å²) in [6, 6.07) is 6.43. The van der Waals surface area contributed by atoms with Crippen molar-refractivity contribution in [2.45, 2.75) is 19.8 Å². The first-order valence-electron chi connectivity index (χ1n) is 7.52. The van der Waals surface area contributed by atoms with Crippen molar-refractivity contribution in [3.63, 3.8) is 0 Å². The number of carboxylic acid groups (broad SMARTS) is 1. The number of carbonyl (C=O) groups is 3. The topological polar surface area (TPSA) is 83.9 Å². The number of rotatable bonds is 5. The number of carboxylic acids is 1. The summed E-state index contributed by atoms with van der Waals surface area (Å²) in [5.74, 6) is -1.22. The summed E-state index contributed by atoms with van der Waals surface area (Å²) < 4.78 is 5.07. The van der Waals surface area contributed by atoms with E-state index in [1.807, 2.05) is 0 Å². The molecule has 1 aliphatic heterocycles. The molecule has 0 aromatic heterocycles. The number of ether oxygens (including phenoxy) is 1. The van der Waals surface area contributed by atoms with E-state index in [2.05, 4.69) is 0 Å². The number of Topliss-reactive ketones (excluding diaryl/α,β-unsaturated/α-hetero) is 1. The minimum Gasteiger partial charge on any atom is -0.481 e. The van der Waals surface area contributed by atoms with Gasteiger partial charge in [-0.15, -0.1) is 0 Å². The lowest BCUT2D eigenvalue weighted by molar-refractivity contribution is -0.155. The molecular formula is C17H21NO5. The predicted octanol–water partition coefficient (Wildman–Crippen LogP) is 1.84. The molecule has 0 aliphatic carbocycles. The van der Waals surface area contributed by atoms with E-state index in [0.29, 0.717) is 30.5 Å². The number of likely N-dealkylation sites (tertiary alicyclic amines) is 1. The number of methoxy groups -OCH3 is 1. The number of nitrogens with zero attached hydrogens (tertiary/aromatic N) is 1. The molecule has 1 aromatic rings. The number of aliphatic carboxylic acids is 1. The molecule has 1 amide bonds. The van der Waals surface area contributed by atoms with E-state index in [1.165, 1.54) is 14.0 Å². The lowest BCUT2D eigenvalue weighted by Crippen LogP contribution is -2.52. The molecular weight excluding hydrogens is 298 g/mol. The third-order valence-electron chi connectivity index (χ3n) is 4.28. The number of carbonyl (C=O) groups excluding carboxylic acids is 2. The molecule has 1 heterocycles. The second kappa shape index (κ2) is 6.91. The van der Waals surface area contributed by atoms with Crippen molar-refractivity contribution < 1.29 is 24.2 Å². The maximum atomic E-state index is 12.6. The SMILES string of the molecule is COCC1(C(=O)O)CCCN(C(=O)c2ccc(C(C)=O)cc2)C1. The first kappa shape index (κ1) is 17.1. The predicted molar refractivity (Wildman–Crippen MR) is 83.5 cm³/mol. The van der Waals surface area contributed by atoms with Crippen LogP contribution in [0.3, 0.4) is 0 Å². The van der Waals surface area contributed by atoms with Crippen molar-refractivity contribution >= 4 is 17.7 Å². The third-order valence-corrected chi connectivity index (χ3v) is 4.28. The second-order valence-electron chi connectivity index (χ2n) is 5.98. The van der Waals surface area contributed by atoms with Crippen LogP contribution in [-0.2, 0) is 9.53 Å². The Morgan fingerprint density at radius 2 is 1.83 bits per heavy atom. The highest BCUT2D eigenvalue weighted by molar-refractivity contribution is 5.98. The van der Waals surface area contributed by atoms with Crippen molar-refractivity contribution in [1.82, 2.24) is 4.90 Å². The molecule has 0 saturated carbocycles. The van der Waals surface area contributed by atoms with Crippen LogP contribution in [0.5, 0.6) is 0 Å². The summed E-state index contributed by atoms with van der Waals surface area (Å²) in [5, 5.41) is 9.53. The molecule has 0 bridgehead atoms. The fourth-order valence-electron chi connectivity index (χ4n) is 2.97. The number of ketones is 1. The second-order valence-corrected chi connectivity index (χ2v) is 5.98. The molecule has 1 saturated heterocycles. The molecule has 23 heavy (non-hydrogen) atoms. The highest BCUT2D eigenvalue weighted by Crippen LogP contribution is 2.31. The number of piperidine rings is 1. The van der Waals surface area contributed by atoms with Gasteiger partial charge in [0.2, 0.25) is 0 Å². The Hall–Kier alpha value is -2.21.